The second-order valence-corrected chi connectivity index (χ2v) is 9.01. The van der Waals surface area contributed by atoms with Gasteiger partial charge in [-0.2, -0.15) is 0 Å². The Morgan fingerprint density at radius 1 is 0.968 bits per heavy atom. The molecule has 9 heteroatoms. The zero-order valence-electron chi connectivity index (χ0n) is 20.8. The highest BCUT2D eigenvalue weighted by molar-refractivity contribution is 14.0. The summed E-state index contributed by atoms with van der Waals surface area (Å²) in [6.45, 7) is 22.9. The minimum atomic E-state index is -0.514. The highest BCUT2D eigenvalue weighted by Gasteiger charge is 2.30. The van der Waals surface area contributed by atoms with Gasteiger partial charge < -0.3 is 25.6 Å². The smallest absolute Gasteiger partial charge is 0.408 e. The average Bonchev–Trinajstić information content (AvgIpc) is 2.70. The number of alkyl carbamates (subject to hydrolysis) is 1. The zero-order chi connectivity index (χ0) is 22.6. The average molecular weight is 555 g/mol. The molecule has 3 N–H and O–H groups in total. The van der Waals surface area contributed by atoms with Crippen molar-refractivity contribution in [2.75, 3.05) is 58.9 Å². The number of nitrogens with zero attached hydrogens (tertiary/aromatic N) is 3. The third kappa shape index (κ3) is 12.1. The number of likely N-dealkylation sites (N-methyl/N-ethyl adjacent to an activating group) is 1. The van der Waals surface area contributed by atoms with Crippen molar-refractivity contribution in [1.29, 1.82) is 0 Å². The summed E-state index contributed by atoms with van der Waals surface area (Å²) in [7, 11) is 0. The topological polar surface area (TPSA) is 81.2 Å². The van der Waals surface area contributed by atoms with E-state index < -0.39 is 11.1 Å². The second-order valence-electron chi connectivity index (χ2n) is 9.01. The molecule has 8 nitrogen and oxygen atoms in total. The maximum absolute atomic E-state index is 12.3. The second kappa shape index (κ2) is 15.1. The highest BCUT2D eigenvalue weighted by atomic mass is 127. The van der Waals surface area contributed by atoms with Gasteiger partial charge in [0.15, 0.2) is 5.96 Å². The molecule has 1 aliphatic heterocycles. The molecule has 0 aliphatic carbocycles. The number of amides is 1. The summed E-state index contributed by atoms with van der Waals surface area (Å²) in [5.74, 6) is 0.793. The Bertz CT molecular complexity index is 527. The number of hydrogen-bond acceptors (Lipinski definition) is 5. The monoisotopic (exact) mass is 554 g/mol. The molecule has 1 saturated heterocycles. The molecule has 1 amide bonds. The molecule has 1 fully saturated rings. The van der Waals surface area contributed by atoms with Gasteiger partial charge >= 0.3 is 6.09 Å². The van der Waals surface area contributed by atoms with E-state index >= 15 is 0 Å². The summed E-state index contributed by atoms with van der Waals surface area (Å²) in [5.41, 5.74) is -0.930. The zero-order valence-corrected chi connectivity index (χ0v) is 23.2. The summed E-state index contributed by atoms with van der Waals surface area (Å²) in [5, 5.41) is 9.83. The van der Waals surface area contributed by atoms with Crippen LogP contribution in [0.4, 0.5) is 4.79 Å². The fourth-order valence-corrected chi connectivity index (χ4v) is 3.44. The first-order valence-corrected chi connectivity index (χ1v) is 11.6. The van der Waals surface area contributed by atoms with E-state index in [0.29, 0.717) is 6.54 Å². The predicted octanol–water partition coefficient (Wildman–Crippen LogP) is 2.88. The first-order valence-electron chi connectivity index (χ1n) is 11.6. The quantitative estimate of drug-likeness (QED) is 0.219. The van der Waals surface area contributed by atoms with Gasteiger partial charge in [0, 0.05) is 45.8 Å². The van der Waals surface area contributed by atoms with Crippen LogP contribution in [0.15, 0.2) is 4.99 Å². The van der Waals surface area contributed by atoms with Crippen LogP contribution >= 0.6 is 24.0 Å². The Balaban J connectivity index is 0.00000900. The maximum atomic E-state index is 12.3. The van der Waals surface area contributed by atoms with Crippen LogP contribution < -0.4 is 16.0 Å². The van der Waals surface area contributed by atoms with Crippen LogP contribution in [0.3, 0.4) is 0 Å². The lowest BCUT2D eigenvalue weighted by Crippen LogP contribution is -2.52. The van der Waals surface area contributed by atoms with Crippen molar-refractivity contribution in [2.24, 2.45) is 4.99 Å². The van der Waals surface area contributed by atoms with Gasteiger partial charge in [-0.1, -0.05) is 20.8 Å². The summed E-state index contributed by atoms with van der Waals surface area (Å²) in [4.78, 5) is 22.1. The third-order valence-electron chi connectivity index (χ3n) is 5.64. The van der Waals surface area contributed by atoms with Crippen molar-refractivity contribution in [3.8, 4) is 0 Å². The van der Waals surface area contributed by atoms with Gasteiger partial charge in [0.2, 0.25) is 0 Å². The molecular formula is C22H47IN6O2. The summed E-state index contributed by atoms with van der Waals surface area (Å²) >= 11 is 0. The third-order valence-corrected chi connectivity index (χ3v) is 5.64. The number of carbonyl (C=O) groups excluding carboxylic acids is 1. The van der Waals surface area contributed by atoms with Crippen LogP contribution in [-0.2, 0) is 4.74 Å². The number of nitrogens with one attached hydrogen (secondary N) is 3. The number of piperazine rings is 1. The molecule has 31 heavy (non-hydrogen) atoms. The van der Waals surface area contributed by atoms with Crippen LogP contribution in [0.25, 0.3) is 0 Å². The first-order chi connectivity index (χ1) is 14.2. The molecule has 0 aromatic heterocycles. The summed E-state index contributed by atoms with van der Waals surface area (Å²) < 4.78 is 5.46. The number of guanidine groups is 1. The predicted molar refractivity (Wildman–Crippen MR) is 141 cm³/mol. The van der Waals surface area contributed by atoms with Gasteiger partial charge in [-0.15, -0.1) is 24.0 Å². The molecule has 0 saturated carbocycles. The fourth-order valence-electron chi connectivity index (χ4n) is 3.44. The van der Waals surface area contributed by atoms with Crippen molar-refractivity contribution in [3.05, 3.63) is 0 Å². The molecule has 0 bridgehead atoms. The van der Waals surface area contributed by atoms with Crippen LogP contribution in [0.2, 0.25) is 0 Å². The number of ether oxygens (including phenoxy) is 1. The van der Waals surface area contributed by atoms with Gasteiger partial charge in [-0.25, -0.2) is 4.79 Å². The molecule has 0 radical (unpaired) electrons. The lowest BCUT2D eigenvalue weighted by molar-refractivity contribution is 0.0452. The lowest BCUT2D eigenvalue weighted by Gasteiger charge is -2.34. The van der Waals surface area contributed by atoms with Crippen LogP contribution in [0, 0.1) is 0 Å². The van der Waals surface area contributed by atoms with E-state index in [9.17, 15) is 4.79 Å². The van der Waals surface area contributed by atoms with Gasteiger partial charge in [-0.05, 0) is 47.1 Å². The Morgan fingerprint density at radius 3 is 2.03 bits per heavy atom. The number of hydrogen-bond donors (Lipinski definition) is 3. The van der Waals surface area contributed by atoms with E-state index in [0.717, 1.165) is 71.2 Å². The van der Waals surface area contributed by atoms with Crippen LogP contribution in [-0.4, -0.2) is 91.9 Å². The molecular weight excluding hydrogens is 507 g/mol. The van der Waals surface area contributed by atoms with E-state index in [2.05, 4.69) is 53.4 Å². The standard InChI is InChI=1S/C22H46N6O2.HI/c1-8-22(9-2,26-20(29)30-21(5,6)7)18-25-19(23-10-3)24-12-13-28-16-14-27(11-4)15-17-28;/h8-18H2,1-7H3,(H,26,29)(H2,23,24,25);1H. The van der Waals surface area contributed by atoms with E-state index in [1.165, 1.54) is 0 Å². The molecule has 0 unspecified atom stereocenters. The van der Waals surface area contributed by atoms with Crippen molar-refractivity contribution in [2.45, 2.75) is 72.4 Å². The Morgan fingerprint density at radius 2 is 1.55 bits per heavy atom. The number of carbonyl (C=O) groups is 1. The molecule has 184 valence electrons. The SMILES string of the molecule is CCNC(=NCC(CC)(CC)NC(=O)OC(C)(C)C)NCCN1CCN(CC)CC1.I. The Labute approximate surface area is 207 Å². The molecule has 1 aliphatic rings. The summed E-state index contributed by atoms with van der Waals surface area (Å²) in [6.07, 6.45) is 1.19. The van der Waals surface area contributed by atoms with Crippen molar-refractivity contribution < 1.29 is 9.53 Å². The number of halogens is 1. The van der Waals surface area contributed by atoms with Crippen molar-refractivity contribution >= 4 is 36.0 Å². The van der Waals surface area contributed by atoms with Gasteiger partial charge in [0.25, 0.3) is 0 Å². The minimum Gasteiger partial charge on any atom is -0.444 e. The minimum absolute atomic E-state index is 0. The maximum Gasteiger partial charge on any atom is 0.408 e. The lowest BCUT2D eigenvalue weighted by atomic mass is 9.93. The highest BCUT2D eigenvalue weighted by Crippen LogP contribution is 2.17. The normalized spacial score (nSPS) is 16.4. The molecule has 1 rings (SSSR count). The van der Waals surface area contributed by atoms with E-state index in [4.69, 9.17) is 9.73 Å². The van der Waals surface area contributed by atoms with Crippen molar-refractivity contribution in [3.63, 3.8) is 0 Å². The van der Waals surface area contributed by atoms with E-state index in [1.54, 1.807) is 0 Å². The first kappa shape index (κ1) is 30.2. The van der Waals surface area contributed by atoms with Gasteiger partial charge in [-0.3, -0.25) is 9.89 Å². The van der Waals surface area contributed by atoms with Crippen LogP contribution in [0.1, 0.15) is 61.3 Å². The molecule has 0 aromatic carbocycles. The van der Waals surface area contributed by atoms with E-state index in [1.807, 2.05) is 20.8 Å². The van der Waals surface area contributed by atoms with E-state index in [-0.39, 0.29) is 30.1 Å². The molecule has 0 spiro atoms. The van der Waals surface area contributed by atoms with Gasteiger partial charge in [0.05, 0.1) is 12.1 Å². The molecule has 1 heterocycles. The van der Waals surface area contributed by atoms with Crippen molar-refractivity contribution in [1.82, 2.24) is 25.8 Å². The fraction of sp³-hybridized carbons (Fsp3) is 0.909. The van der Waals surface area contributed by atoms with Gasteiger partial charge in [0.1, 0.15) is 5.60 Å². The Kier molecular flexibility index (Phi) is 14.7. The molecule has 0 atom stereocenters. The molecule has 0 aromatic rings. The number of rotatable bonds is 10. The van der Waals surface area contributed by atoms with Crippen LogP contribution in [0.5, 0.6) is 0 Å². The Hall–Kier alpha value is -0.810. The largest absolute Gasteiger partial charge is 0.444 e. The summed E-state index contributed by atoms with van der Waals surface area (Å²) in [6, 6.07) is 0. The number of aliphatic imine (C=N–C) groups is 1.